The molecule has 3 atom stereocenters. The average molecular weight is 465 g/mol. The van der Waals surface area contributed by atoms with Crippen molar-refractivity contribution in [1.29, 1.82) is 0 Å². The van der Waals surface area contributed by atoms with E-state index in [4.69, 9.17) is 9.47 Å². The normalized spacial score (nSPS) is 14.7. The third-order valence-corrected chi connectivity index (χ3v) is 4.37. The van der Waals surface area contributed by atoms with Crippen LogP contribution in [-0.2, 0) is 25.5 Å². The predicted octanol–water partition coefficient (Wildman–Crippen LogP) is 3.36. The number of aliphatic hydroxyl groups excluding tert-OH is 1. The predicted molar refractivity (Wildman–Crippen MR) is 127 cm³/mol. The van der Waals surface area contributed by atoms with Gasteiger partial charge in [0, 0.05) is 0 Å². The van der Waals surface area contributed by atoms with Gasteiger partial charge >= 0.3 is 12.1 Å². The molecular weight excluding hydrogens is 424 g/mol. The minimum atomic E-state index is -1.62. The Morgan fingerprint density at radius 3 is 1.94 bits per heavy atom. The third kappa shape index (κ3) is 11.7. The number of benzene rings is 1. The fourth-order valence-electron chi connectivity index (χ4n) is 3.07. The summed E-state index contributed by atoms with van der Waals surface area (Å²) >= 11 is 0. The standard InChI is InChI=1S/C25H40N2O6/c1-16(2)14-19(22(30)32-24(3,4)5)26-21(29)20(28)18(15-17-12-10-9-11-13-17)27-23(31)33-25(6,7)8/h9-13,16,18-20,28H,14-15H2,1-8H3,(H,26,29)(H,27,31)/t18-,19+,20-/m1/s1. The van der Waals surface area contributed by atoms with Crippen LogP contribution in [0.25, 0.3) is 0 Å². The Bertz CT molecular complexity index is 780. The van der Waals surface area contributed by atoms with Crippen LogP contribution >= 0.6 is 0 Å². The van der Waals surface area contributed by atoms with Gasteiger partial charge in [-0.1, -0.05) is 44.2 Å². The van der Waals surface area contributed by atoms with Crippen molar-refractivity contribution >= 4 is 18.0 Å². The second kappa shape index (κ2) is 12.0. The topological polar surface area (TPSA) is 114 Å². The number of nitrogens with one attached hydrogen (secondary N) is 2. The molecule has 2 amide bonds. The molecule has 0 heterocycles. The lowest BCUT2D eigenvalue weighted by Crippen LogP contribution is -2.55. The van der Waals surface area contributed by atoms with Crippen molar-refractivity contribution < 1.29 is 29.0 Å². The van der Waals surface area contributed by atoms with Crippen molar-refractivity contribution in [3.8, 4) is 0 Å². The van der Waals surface area contributed by atoms with Crippen LogP contribution in [0.4, 0.5) is 4.79 Å². The molecule has 0 aliphatic heterocycles. The summed E-state index contributed by atoms with van der Waals surface area (Å²) in [6.07, 6.45) is -1.83. The summed E-state index contributed by atoms with van der Waals surface area (Å²) in [7, 11) is 0. The fourth-order valence-corrected chi connectivity index (χ4v) is 3.07. The fraction of sp³-hybridized carbons (Fsp3) is 0.640. The number of hydrogen-bond acceptors (Lipinski definition) is 6. The summed E-state index contributed by atoms with van der Waals surface area (Å²) in [5, 5.41) is 16.0. The molecule has 8 heteroatoms. The number of esters is 1. The molecular formula is C25H40N2O6. The van der Waals surface area contributed by atoms with Gasteiger partial charge < -0.3 is 25.2 Å². The molecule has 0 aromatic heterocycles. The van der Waals surface area contributed by atoms with Gasteiger partial charge in [-0.25, -0.2) is 9.59 Å². The first-order valence-electron chi connectivity index (χ1n) is 11.3. The van der Waals surface area contributed by atoms with Crippen LogP contribution in [0.3, 0.4) is 0 Å². The number of ether oxygens (including phenoxy) is 2. The Balaban J connectivity index is 3.03. The van der Waals surface area contributed by atoms with E-state index in [1.807, 2.05) is 44.2 Å². The number of alkyl carbamates (subject to hydrolysis) is 1. The molecule has 0 spiro atoms. The molecule has 186 valence electrons. The largest absolute Gasteiger partial charge is 0.458 e. The lowest BCUT2D eigenvalue weighted by Gasteiger charge is -2.29. The first-order chi connectivity index (χ1) is 15.1. The van der Waals surface area contributed by atoms with Crippen molar-refractivity contribution in [3.05, 3.63) is 35.9 Å². The summed E-state index contributed by atoms with van der Waals surface area (Å²) in [5.74, 6) is -1.25. The summed E-state index contributed by atoms with van der Waals surface area (Å²) in [4.78, 5) is 38.0. The third-order valence-electron chi connectivity index (χ3n) is 4.37. The van der Waals surface area contributed by atoms with Gasteiger partial charge in [-0.15, -0.1) is 0 Å². The van der Waals surface area contributed by atoms with E-state index in [9.17, 15) is 19.5 Å². The summed E-state index contributed by atoms with van der Waals surface area (Å²) in [5.41, 5.74) is -0.645. The highest BCUT2D eigenvalue weighted by Crippen LogP contribution is 2.15. The number of rotatable bonds is 9. The number of amides is 2. The summed E-state index contributed by atoms with van der Waals surface area (Å²) in [6, 6.07) is 7.26. The quantitative estimate of drug-likeness (QED) is 0.483. The minimum Gasteiger partial charge on any atom is -0.458 e. The monoisotopic (exact) mass is 464 g/mol. The molecule has 1 rings (SSSR count). The number of hydrogen-bond donors (Lipinski definition) is 3. The van der Waals surface area contributed by atoms with Gasteiger partial charge in [0.2, 0.25) is 0 Å². The van der Waals surface area contributed by atoms with E-state index in [-0.39, 0.29) is 12.3 Å². The van der Waals surface area contributed by atoms with E-state index >= 15 is 0 Å². The molecule has 33 heavy (non-hydrogen) atoms. The van der Waals surface area contributed by atoms with Crippen LogP contribution in [-0.4, -0.2) is 52.5 Å². The maximum atomic E-state index is 12.9. The molecule has 0 unspecified atom stereocenters. The van der Waals surface area contributed by atoms with Crippen molar-refractivity contribution in [2.75, 3.05) is 0 Å². The zero-order valence-corrected chi connectivity index (χ0v) is 21.1. The van der Waals surface area contributed by atoms with Crippen LogP contribution in [0, 0.1) is 5.92 Å². The molecule has 0 saturated heterocycles. The smallest absolute Gasteiger partial charge is 0.407 e. The average Bonchev–Trinajstić information content (AvgIpc) is 2.63. The van der Waals surface area contributed by atoms with Gasteiger partial charge in [-0.3, -0.25) is 4.79 Å². The number of carbonyl (C=O) groups excluding carboxylic acids is 3. The van der Waals surface area contributed by atoms with Gasteiger partial charge in [-0.2, -0.15) is 0 Å². The second-order valence-electron chi connectivity index (χ2n) is 10.6. The molecule has 8 nitrogen and oxygen atoms in total. The van der Waals surface area contributed by atoms with Crippen LogP contribution in [0.15, 0.2) is 30.3 Å². The molecule has 0 aliphatic carbocycles. The highest BCUT2D eigenvalue weighted by Gasteiger charge is 2.34. The number of aliphatic hydroxyl groups is 1. The van der Waals surface area contributed by atoms with Gasteiger partial charge in [0.05, 0.1) is 6.04 Å². The van der Waals surface area contributed by atoms with Crippen LogP contribution in [0.5, 0.6) is 0 Å². The second-order valence-corrected chi connectivity index (χ2v) is 10.6. The maximum Gasteiger partial charge on any atom is 0.407 e. The van der Waals surface area contributed by atoms with Crippen molar-refractivity contribution in [2.24, 2.45) is 5.92 Å². The minimum absolute atomic E-state index is 0.0972. The Labute approximate surface area is 197 Å². The molecule has 0 saturated carbocycles. The van der Waals surface area contributed by atoms with Gasteiger partial charge in [-0.05, 0) is 65.9 Å². The molecule has 1 aromatic rings. The van der Waals surface area contributed by atoms with Gasteiger partial charge in [0.15, 0.2) is 6.10 Å². The Kier molecular flexibility index (Phi) is 10.4. The highest BCUT2D eigenvalue weighted by molar-refractivity contribution is 5.87. The Morgan fingerprint density at radius 2 is 1.45 bits per heavy atom. The Hall–Kier alpha value is -2.61. The molecule has 0 radical (unpaired) electrons. The Morgan fingerprint density at radius 1 is 0.909 bits per heavy atom. The van der Waals surface area contributed by atoms with E-state index < -0.39 is 47.4 Å². The molecule has 0 fully saturated rings. The van der Waals surface area contributed by atoms with E-state index in [0.29, 0.717) is 6.42 Å². The lowest BCUT2D eigenvalue weighted by molar-refractivity contribution is -0.159. The van der Waals surface area contributed by atoms with Crippen LogP contribution in [0.1, 0.15) is 67.4 Å². The first-order valence-corrected chi connectivity index (χ1v) is 11.3. The van der Waals surface area contributed by atoms with E-state index in [1.54, 1.807) is 41.5 Å². The molecule has 0 bridgehead atoms. The molecule has 0 aliphatic rings. The van der Waals surface area contributed by atoms with E-state index in [0.717, 1.165) is 5.56 Å². The van der Waals surface area contributed by atoms with Crippen molar-refractivity contribution in [2.45, 2.75) is 97.6 Å². The molecule has 1 aromatic carbocycles. The first kappa shape index (κ1) is 28.4. The van der Waals surface area contributed by atoms with Gasteiger partial charge in [0.1, 0.15) is 17.2 Å². The number of carbonyl (C=O) groups is 3. The highest BCUT2D eigenvalue weighted by atomic mass is 16.6. The summed E-state index contributed by atoms with van der Waals surface area (Å²) < 4.78 is 10.7. The summed E-state index contributed by atoms with van der Waals surface area (Å²) in [6.45, 7) is 14.2. The van der Waals surface area contributed by atoms with Gasteiger partial charge in [0.25, 0.3) is 5.91 Å². The lowest BCUT2D eigenvalue weighted by atomic mass is 9.99. The molecule has 3 N–H and O–H groups in total. The SMILES string of the molecule is CC(C)C[C@H](NC(=O)[C@H](O)[C@@H](Cc1ccccc1)NC(=O)OC(C)(C)C)C(=O)OC(C)(C)C. The van der Waals surface area contributed by atoms with Crippen LogP contribution < -0.4 is 10.6 Å². The maximum absolute atomic E-state index is 12.9. The zero-order valence-electron chi connectivity index (χ0n) is 21.1. The van der Waals surface area contributed by atoms with Crippen molar-refractivity contribution in [3.63, 3.8) is 0 Å². The van der Waals surface area contributed by atoms with E-state index in [1.165, 1.54) is 0 Å². The zero-order chi connectivity index (χ0) is 25.4. The van der Waals surface area contributed by atoms with E-state index in [2.05, 4.69) is 10.6 Å². The van der Waals surface area contributed by atoms with Crippen LogP contribution in [0.2, 0.25) is 0 Å². The van der Waals surface area contributed by atoms with Crippen molar-refractivity contribution in [1.82, 2.24) is 10.6 Å².